The van der Waals surface area contributed by atoms with Crippen molar-refractivity contribution in [1.29, 1.82) is 0 Å². The third-order valence-electron chi connectivity index (χ3n) is 3.72. The summed E-state index contributed by atoms with van der Waals surface area (Å²) in [4.78, 5) is 24.1. The molecule has 3 N–H and O–H groups in total. The van der Waals surface area contributed by atoms with Crippen LogP contribution in [-0.2, 0) is 4.79 Å². The van der Waals surface area contributed by atoms with E-state index in [9.17, 15) is 9.59 Å². The molecule has 2 aromatic rings. The fraction of sp³-hybridized carbons (Fsp3) is 0.211. The standard InChI is InChI=1S/C19H20BrN3O3S/c1-4-17(24)22-15-10-13(7-5-11(15)2)21-19(27)23-18(25)14-9-12(20)6-8-16(14)26-3/h5-10H,4H2,1-3H3,(H,22,24)(H2,21,23,25,27). The zero-order chi connectivity index (χ0) is 20.0. The summed E-state index contributed by atoms with van der Waals surface area (Å²) >= 11 is 8.56. The average Bonchev–Trinajstić information content (AvgIpc) is 2.64. The van der Waals surface area contributed by atoms with Gasteiger partial charge in [-0.1, -0.05) is 28.9 Å². The van der Waals surface area contributed by atoms with E-state index in [1.54, 1.807) is 31.2 Å². The van der Waals surface area contributed by atoms with Gasteiger partial charge in [0, 0.05) is 22.3 Å². The normalized spacial score (nSPS) is 10.1. The molecule has 2 rings (SSSR count). The second kappa shape index (κ2) is 9.48. The molecule has 2 amide bonds. The maximum atomic E-state index is 12.5. The first-order valence-corrected chi connectivity index (χ1v) is 9.40. The van der Waals surface area contributed by atoms with Crippen LogP contribution in [0.4, 0.5) is 11.4 Å². The average molecular weight is 450 g/mol. The molecule has 0 saturated carbocycles. The molecule has 0 aliphatic rings. The van der Waals surface area contributed by atoms with E-state index in [-0.39, 0.29) is 11.0 Å². The van der Waals surface area contributed by atoms with E-state index in [0.29, 0.717) is 29.1 Å². The van der Waals surface area contributed by atoms with Crippen molar-refractivity contribution in [1.82, 2.24) is 5.32 Å². The van der Waals surface area contributed by atoms with Crippen molar-refractivity contribution < 1.29 is 14.3 Å². The number of ether oxygens (including phenoxy) is 1. The Balaban J connectivity index is 2.09. The van der Waals surface area contributed by atoms with Gasteiger partial charge in [0.15, 0.2) is 5.11 Å². The summed E-state index contributed by atoms with van der Waals surface area (Å²) in [6, 6.07) is 10.6. The Kier molecular flexibility index (Phi) is 7.32. The number of amides is 2. The van der Waals surface area contributed by atoms with Gasteiger partial charge in [0.05, 0.1) is 12.7 Å². The quantitative estimate of drug-likeness (QED) is 0.594. The summed E-state index contributed by atoms with van der Waals surface area (Å²) in [5, 5.41) is 8.54. The lowest BCUT2D eigenvalue weighted by atomic mass is 10.1. The minimum absolute atomic E-state index is 0.0760. The molecule has 0 bridgehead atoms. The number of carbonyl (C=O) groups is 2. The number of hydrogen-bond donors (Lipinski definition) is 3. The summed E-state index contributed by atoms with van der Waals surface area (Å²) in [6.07, 6.45) is 0.389. The molecule has 0 aliphatic heterocycles. The molecule has 0 aromatic heterocycles. The van der Waals surface area contributed by atoms with E-state index >= 15 is 0 Å². The van der Waals surface area contributed by atoms with Crippen LogP contribution in [0.2, 0.25) is 0 Å². The van der Waals surface area contributed by atoms with Crippen molar-refractivity contribution in [3.8, 4) is 5.75 Å². The van der Waals surface area contributed by atoms with Crippen LogP contribution < -0.4 is 20.7 Å². The van der Waals surface area contributed by atoms with Crippen molar-refractivity contribution in [3.63, 3.8) is 0 Å². The van der Waals surface area contributed by atoms with Crippen LogP contribution in [0.5, 0.6) is 5.75 Å². The molecular weight excluding hydrogens is 430 g/mol. The molecule has 27 heavy (non-hydrogen) atoms. The number of hydrogen-bond acceptors (Lipinski definition) is 4. The lowest BCUT2D eigenvalue weighted by Gasteiger charge is -2.14. The minimum Gasteiger partial charge on any atom is -0.496 e. The lowest BCUT2D eigenvalue weighted by Crippen LogP contribution is -2.34. The maximum Gasteiger partial charge on any atom is 0.261 e. The molecular formula is C19H20BrN3O3S. The van der Waals surface area contributed by atoms with Crippen molar-refractivity contribution >= 4 is 56.4 Å². The Hall–Kier alpha value is -2.45. The molecule has 0 spiro atoms. The van der Waals surface area contributed by atoms with Crippen LogP contribution in [0.15, 0.2) is 40.9 Å². The number of carbonyl (C=O) groups excluding carboxylic acids is 2. The number of benzene rings is 2. The molecule has 2 aromatic carbocycles. The smallest absolute Gasteiger partial charge is 0.261 e. The van der Waals surface area contributed by atoms with Crippen LogP contribution in [-0.4, -0.2) is 24.0 Å². The van der Waals surface area contributed by atoms with Crippen LogP contribution >= 0.6 is 28.1 Å². The van der Waals surface area contributed by atoms with Gasteiger partial charge < -0.3 is 15.4 Å². The molecule has 6 nitrogen and oxygen atoms in total. The van der Waals surface area contributed by atoms with E-state index in [1.165, 1.54) is 7.11 Å². The van der Waals surface area contributed by atoms with Gasteiger partial charge in [-0.25, -0.2) is 0 Å². The summed E-state index contributed by atoms with van der Waals surface area (Å²) in [7, 11) is 1.50. The Morgan fingerprint density at radius 3 is 2.56 bits per heavy atom. The minimum atomic E-state index is -0.391. The summed E-state index contributed by atoms with van der Waals surface area (Å²) < 4.78 is 5.96. The number of thiocarbonyl (C=S) groups is 1. The second-order valence-corrected chi connectivity index (χ2v) is 7.01. The van der Waals surface area contributed by atoms with Gasteiger partial charge in [-0.05, 0) is 55.0 Å². The lowest BCUT2D eigenvalue weighted by molar-refractivity contribution is -0.115. The maximum absolute atomic E-state index is 12.5. The fourth-order valence-corrected chi connectivity index (χ4v) is 2.84. The summed E-state index contributed by atoms with van der Waals surface area (Å²) in [6.45, 7) is 3.68. The Morgan fingerprint density at radius 2 is 1.89 bits per heavy atom. The molecule has 0 saturated heterocycles. The second-order valence-electron chi connectivity index (χ2n) is 5.68. The van der Waals surface area contributed by atoms with Crippen LogP contribution in [0, 0.1) is 6.92 Å². The molecule has 0 unspecified atom stereocenters. The Morgan fingerprint density at radius 1 is 1.15 bits per heavy atom. The molecule has 0 atom stereocenters. The first-order chi connectivity index (χ1) is 12.8. The Bertz CT molecular complexity index is 886. The van der Waals surface area contributed by atoms with Crippen LogP contribution in [0.3, 0.4) is 0 Å². The molecule has 8 heteroatoms. The van der Waals surface area contributed by atoms with Gasteiger partial charge in [-0.2, -0.15) is 0 Å². The number of rotatable bonds is 5. The first kappa shape index (κ1) is 20.9. The van der Waals surface area contributed by atoms with Gasteiger partial charge >= 0.3 is 0 Å². The number of methoxy groups -OCH3 is 1. The van der Waals surface area contributed by atoms with Gasteiger partial charge in [-0.3, -0.25) is 14.9 Å². The van der Waals surface area contributed by atoms with Crippen molar-refractivity contribution in [2.24, 2.45) is 0 Å². The monoisotopic (exact) mass is 449 g/mol. The van der Waals surface area contributed by atoms with Crippen molar-refractivity contribution in [3.05, 3.63) is 52.0 Å². The van der Waals surface area contributed by atoms with E-state index in [0.717, 1.165) is 10.0 Å². The zero-order valence-corrected chi connectivity index (χ0v) is 17.6. The van der Waals surface area contributed by atoms with E-state index < -0.39 is 5.91 Å². The Labute approximate surface area is 171 Å². The SMILES string of the molecule is CCC(=O)Nc1cc(NC(=S)NC(=O)c2cc(Br)ccc2OC)ccc1C. The van der Waals surface area contributed by atoms with E-state index in [4.69, 9.17) is 17.0 Å². The largest absolute Gasteiger partial charge is 0.496 e. The fourth-order valence-electron chi connectivity index (χ4n) is 2.26. The van der Waals surface area contributed by atoms with E-state index in [2.05, 4.69) is 31.9 Å². The van der Waals surface area contributed by atoms with Gasteiger partial charge in [-0.15, -0.1) is 0 Å². The summed E-state index contributed by atoms with van der Waals surface area (Å²) in [5.74, 6) is -0.0245. The van der Waals surface area contributed by atoms with Gasteiger partial charge in [0.25, 0.3) is 5.91 Å². The molecule has 0 fully saturated rings. The van der Waals surface area contributed by atoms with E-state index in [1.807, 2.05) is 19.1 Å². The van der Waals surface area contributed by atoms with Crippen molar-refractivity contribution in [2.75, 3.05) is 17.7 Å². The third-order valence-corrected chi connectivity index (χ3v) is 4.42. The number of halogens is 1. The highest BCUT2D eigenvalue weighted by atomic mass is 79.9. The molecule has 142 valence electrons. The summed E-state index contributed by atoms with van der Waals surface area (Å²) in [5.41, 5.74) is 2.63. The predicted molar refractivity (Wildman–Crippen MR) is 114 cm³/mol. The highest BCUT2D eigenvalue weighted by Gasteiger charge is 2.14. The number of anilines is 2. The highest BCUT2D eigenvalue weighted by molar-refractivity contribution is 9.10. The zero-order valence-electron chi connectivity index (χ0n) is 15.2. The third kappa shape index (κ3) is 5.77. The highest BCUT2D eigenvalue weighted by Crippen LogP contribution is 2.23. The van der Waals surface area contributed by atoms with Gasteiger partial charge in [0.2, 0.25) is 5.91 Å². The first-order valence-electron chi connectivity index (χ1n) is 8.20. The van der Waals surface area contributed by atoms with Crippen molar-refractivity contribution in [2.45, 2.75) is 20.3 Å². The number of nitrogens with one attached hydrogen (secondary N) is 3. The molecule has 0 radical (unpaired) electrons. The topological polar surface area (TPSA) is 79.5 Å². The molecule has 0 aliphatic carbocycles. The molecule has 0 heterocycles. The number of aryl methyl sites for hydroxylation is 1. The van der Waals surface area contributed by atoms with Crippen LogP contribution in [0.25, 0.3) is 0 Å². The van der Waals surface area contributed by atoms with Crippen LogP contribution in [0.1, 0.15) is 29.3 Å². The predicted octanol–water partition coefficient (Wildman–Crippen LogP) is 4.24. The van der Waals surface area contributed by atoms with Gasteiger partial charge in [0.1, 0.15) is 5.75 Å².